The summed E-state index contributed by atoms with van der Waals surface area (Å²) in [5, 5.41) is 15.6. The third-order valence-corrected chi connectivity index (χ3v) is 6.15. The Kier molecular flexibility index (Phi) is 10.5. The lowest BCUT2D eigenvalue weighted by Gasteiger charge is -2.44. The molecule has 0 aliphatic heterocycles. The highest BCUT2D eigenvalue weighted by molar-refractivity contribution is 5.95. The first-order valence-electron chi connectivity index (χ1n) is 12.9. The molecule has 0 bridgehead atoms. The molecule has 0 aromatic heterocycles. The fourth-order valence-corrected chi connectivity index (χ4v) is 3.96. The van der Waals surface area contributed by atoms with E-state index in [0.717, 1.165) is 5.56 Å². The highest BCUT2D eigenvalue weighted by Crippen LogP contribution is 2.33. The van der Waals surface area contributed by atoms with Gasteiger partial charge in [0.15, 0.2) is 0 Å². The standard InChI is InChI=1S/C29H40N4O6/c1-7-29(5,6)33(26(37)22(17-23(30)35)32-27(38)39-28(2,3)4)24(20-14-11-15-21(34)16-20)25(36)31-18-19-12-9-8-10-13-19/h8-16,22,24,34H,7,17-18H2,1-6H3,(H2,30,35)(H,31,36)(H,32,38). The van der Waals surface area contributed by atoms with Crippen LogP contribution in [0.25, 0.3) is 0 Å². The van der Waals surface area contributed by atoms with Crippen LogP contribution < -0.4 is 16.4 Å². The van der Waals surface area contributed by atoms with E-state index in [4.69, 9.17) is 10.5 Å². The average molecular weight is 541 g/mol. The number of nitrogens with two attached hydrogens (primary N) is 1. The van der Waals surface area contributed by atoms with E-state index in [0.29, 0.717) is 12.0 Å². The van der Waals surface area contributed by atoms with Gasteiger partial charge in [-0.3, -0.25) is 14.4 Å². The van der Waals surface area contributed by atoms with Gasteiger partial charge in [0.1, 0.15) is 23.4 Å². The SMILES string of the molecule is CCC(C)(C)N(C(=O)C(CC(N)=O)NC(=O)OC(C)(C)C)C(C(=O)NCc1ccccc1)c1cccc(O)c1. The van der Waals surface area contributed by atoms with Gasteiger partial charge in [0.2, 0.25) is 17.7 Å². The maximum Gasteiger partial charge on any atom is 0.408 e. The molecular formula is C29H40N4O6. The second-order valence-electron chi connectivity index (χ2n) is 10.9. The number of phenolic OH excluding ortho intramolecular Hbond substituents is 1. The molecule has 0 fully saturated rings. The second-order valence-corrected chi connectivity index (χ2v) is 10.9. The van der Waals surface area contributed by atoms with Gasteiger partial charge in [-0.15, -0.1) is 0 Å². The Balaban J connectivity index is 2.57. The van der Waals surface area contributed by atoms with Crippen molar-refractivity contribution in [1.29, 1.82) is 0 Å². The Morgan fingerprint density at radius 1 is 1.00 bits per heavy atom. The van der Waals surface area contributed by atoms with Gasteiger partial charge in [-0.2, -0.15) is 0 Å². The van der Waals surface area contributed by atoms with Crippen LogP contribution >= 0.6 is 0 Å². The first kappa shape index (κ1) is 31.1. The molecule has 212 valence electrons. The predicted molar refractivity (Wildman–Crippen MR) is 147 cm³/mol. The molecule has 10 heteroatoms. The molecule has 5 N–H and O–H groups in total. The maximum absolute atomic E-state index is 14.2. The number of hydrogen-bond acceptors (Lipinski definition) is 6. The fraction of sp³-hybridized carbons (Fsp3) is 0.448. The number of benzene rings is 2. The first-order chi connectivity index (χ1) is 18.1. The van der Waals surface area contributed by atoms with Gasteiger partial charge >= 0.3 is 6.09 Å². The average Bonchev–Trinajstić information content (AvgIpc) is 2.84. The maximum atomic E-state index is 14.2. The number of aromatic hydroxyl groups is 1. The molecule has 0 heterocycles. The Hall–Kier alpha value is -4.08. The lowest BCUT2D eigenvalue weighted by molar-refractivity contribution is -0.150. The van der Waals surface area contributed by atoms with Crippen LogP contribution in [0.3, 0.4) is 0 Å². The van der Waals surface area contributed by atoms with Crippen molar-refractivity contribution in [2.45, 2.75) is 84.2 Å². The molecule has 0 aliphatic carbocycles. The molecule has 2 aromatic carbocycles. The summed E-state index contributed by atoms with van der Waals surface area (Å²) in [6.45, 7) is 10.6. The van der Waals surface area contributed by atoms with Crippen molar-refractivity contribution in [2.24, 2.45) is 5.73 Å². The normalized spacial score (nSPS) is 13.1. The van der Waals surface area contributed by atoms with Gasteiger partial charge in [-0.25, -0.2) is 4.79 Å². The van der Waals surface area contributed by atoms with Crippen molar-refractivity contribution in [3.05, 3.63) is 65.7 Å². The molecule has 2 unspecified atom stereocenters. The number of hydrogen-bond donors (Lipinski definition) is 4. The number of nitrogens with zero attached hydrogens (tertiary/aromatic N) is 1. The topological polar surface area (TPSA) is 151 Å². The van der Waals surface area contributed by atoms with Gasteiger partial charge in [0, 0.05) is 12.1 Å². The van der Waals surface area contributed by atoms with Crippen LogP contribution in [0.15, 0.2) is 54.6 Å². The van der Waals surface area contributed by atoms with Crippen LogP contribution in [-0.4, -0.2) is 51.0 Å². The van der Waals surface area contributed by atoms with Gasteiger partial charge < -0.3 is 31.1 Å². The van der Waals surface area contributed by atoms with Crippen LogP contribution in [0, 0.1) is 0 Å². The number of nitrogens with one attached hydrogen (secondary N) is 2. The molecule has 2 atom stereocenters. The van der Waals surface area contributed by atoms with Gasteiger partial charge in [-0.1, -0.05) is 49.4 Å². The Bertz CT molecular complexity index is 1160. The number of ether oxygens (including phenoxy) is 1. The summed E-state index contributed by atoms with van der Waals surface area (Å²) in [4.78, 5) is 53.9. The van der Waals surface area contributed by atoms with Crippen LogP contribution in [0.2, 0.25) is 0 Å². The van der Waals surface area contributed by atoms with E-state index in [1.165, 1.54) is 17.0 Å². The number of alkyl carbamates (subject to hydrolysis) is 1. The summed E-state index contributed by atoms with van der Waals surface area (Å²) in [6, 6.07) is 12.7. The first-order valence-corrected chi connectivity index (χ1v) is 12.9. The molecule has 0 saturated carbocycles. The van der Waals surface area contributed by atoms with Crippen LogP contribution in [0.1, 0.15) is 71.6 Å². The van der Waals surface area contributed by atoms with Gasteiger partial charge in [-0.05, 0) is 64.3 Å². The second kappa shape index (κ2) is 13.1. The van der Waals surface area contributed by atoms with Crippen molar-refractivity contribution in [3.63, 3.8) is 0 Å². The van der Waals surface area contributed by atoms with Crippen molar-refractivity contribution in [2.75, 3.05) is 0 Å². The molecule has 2 aromatic rings. The lowest BCUT2D eigenvalue weighted by Crippen LogP contribution is -2.59. The van der Waals surface area contributed by atoms with Crippen molar-refractivity contribution in [3.8, 4) is 5.75 Å². The van der Waals surface area contributed by atoms with Crippen LogP contribution in [0.5, 0.6) is 5.75 Å². The summed E-state index contributed by atoms with van der Waals surface area (Å²) in [7, 11) is 0. The summed E-state index contributed by atoms with van der Waals surface area (Å²) in [5.41, 5.74) is 4.87. The third-order valence-electron chi connectivity index (χ3n) is 6.15. The Labute approximate surface area is 229 Å². The van der Waals surface area contributed by atoms with Crippen LogP contribution in [-0.2, 0) is 25.7 Å². The van der Waals surface area contributed by atoms with E-state index in [1.54, 1.807) is 46.8 Å². The Morgan fingerprint density at radius 2 is 1.64 bits per heavy atom. The molecule has 0 spiro atoms. The largest absolute Gasteiger partial charge is 0.508 e. The summed E-state index contributed by atoms with van der Waals surface area (Å²) < 4.78 is 5.30. The van der Waals surface area contributed by atoms with E-state index in [1.807, 2.05) is 37.3 Å². The number of carbonyl (C=O) groups excluding carboxylic acids is 4. The quantitative estimate of drug-likeness (QED) is 0.342. The minimum Gasteiger partial charge on any atom is -0.508 e. The lowest BCUT2D eigenvalue weighted by atomic mass is 9.91. The van der Waals surface area contributed by atoms with E-state index < -0.39 is 53.5 Å². The van der Waals surface area contributed by atoms with E-state index >= 15 is 0 Å². The molecule has 39 heavy (non-hydrogen) atoms. The highest BCUT2D eigenvalue weighted by atomic mass is 16.6. The third kappa shape index (κ3) is 9.31. The van der Waals surface area contributed by atoms with Gasteiger partial charge in [0.25, 0.3) is 0 Å². The zero-order valence-corrected chi connectivity index (χ0v) is 23.5. The summed E-state index contributed by atoms with van der Waals surface area (Å²) in [5.74, 6) is -2.11. The molecule has 0 aliphatic rings. The van der Waals surface area contributed by atoms with Crippen molar-refractivity contribution < 1.29 is 29.0 Å². The number of amides is 4. The number of rotatable bonds is 11. The molecule has 4 amide bonds. The zero-order valence-electron chi connectivity index (χ0n) is 23.5. The fourth-order valence-electron chi connectivity index (χ4n) is 3.96. The zero-order chi connectivity index (χ0) is 29.4. The molecular weight excluding hydrogens is 500 g/mol. The van der Waals surface area contributed by atoms with Gasteiger partial charge in [0.05, 0.1) is 6.42 Å². The van der Waals surface area contributed by atoms with Crippen molar-refractivity contribution >= 4 is 23.8 Å². The minimum absolute atomic E-state index is 0.0874. The monoisotopic (exact) mass is 540 g/mol. The molecule has 10 nitrogen and oxygen atoms in total. The summed E-state index contributed by atoms with van der Waals surface area (Å²) >= 11 is 0. The molecule has 0 saturated heterocycles. The van der Waals surface area contributed by atoms with E-state index in [9.17, 15) is 24.3 Å². The summed E-state index contributed by atoms with van der Waals surface area (Å²) in [6.07, 6.45) is -0.985. The molecule has 0 radical (unpaired) electrons. The molecule has 2 rings (SSSR count). The van der Waals surface area contributed by atoms with Crippen LogP contribution in [0.4, 0.5) is 4.79 Å². The number of primary amides is 1. The number of phenols is 1. The Morgan fingerprint density at radius 3 is 2.18 bits per heavy atom. The highest BCUT2D eigenvalue weighted by Gasteiger charge is 2.43. The predicted octanol–water partition coefficient (Wildman–Crippen LogP) is 3.54. The smallest absolute Gasteiger partial charge is 0.408 e. The number of carbonyl (C=O) groups is 4. The minimum atomic E-state index is -1.40. The van der Waals surface area contributed by atoms with Crippen molar-refractivity contribution in [1.82, 2.24) is 15.5 Å². The van der Waals surface area contributed by atoms with E-state index in [-0.39, 0.29) is 12.3 Å². The van der Waals surface area contributed by atoms with E-state index in [2.05, 4.69) is 10.6 Å².